The van der Waals surface area contributed by atoms with Gasteiger partial charge < -0.3 is 5.32 Å². The maximum absolute atomic E-state index is 3.59. The Morgan fingerprint density at radius 2 is 2.19 bits per heavy atom. The van der Waals surface area contributed by atoms with Crippen molar-refractivity contribution in [2.75, 3.05) is 20.1 Å². The summed E-state index contributed by atoms with van der Waals surface area (Å²) >= 11 is 5.44. The summed E-state index contributed by atoms with van der Waals surface area (Å²) in [6.45, 7) is 3.54. The summed E-state index contributed by atoms with van der Waals surface area (Å²) in [5.41, 5.74) is 0. The standard InChI is InChI=1S/C11H17BrN2S.ClH/c1-13-9-2-5-14(6-3-9)8-11-10(12)4-7-15-11;/h4,7,9,13H,2-3,5-6,8H2,1H3;1H. The van der Waals surface area contributed by atoms with Gasteiger partial charge in [0.1, 0.15) is 0 Å². The molecule has 2 heterocycles. The van der Waals surface area contributed by atoms with E-state index in [2.05, 4.69) is 44.6 Å². The number of nitrogens with zero attached hydrogens (tertiary/aromatic N) is 1. The van der Waals surface area contributed by atoms with Crippen molar-refractivity contribution in [3.63, 3.8) is 0 Å². The van der Waals surface area contributed by atoms with Crippen molar-refractivity contribution in [1.82, 2.24) is 10.2 Å². The van der Waals surface area contributed by atoms with E-state index in [0.29, 0.717) is 0 Å². The van der Waals surface area contributed by atoms with Crippen LogP contribution in [0, 0.1) is 0 Å². The van der Waals surface area contributed by atoms with Gasteiger partial charge in [0.25, 0.3) is 0 Å². The average Bonchev–Trinajstić information content (AvgIpc) is 2.66. The average molecular weight is 326 g/mol. The molecule has 0 radical (unpaired) electrons. The van der Waals surface area contributed by atoms with E-state index in [4.69, 9.17) is 0 Å². The SMILES string of the molecule is CNC1CCN(Cc2sccc2Br)CC1.Cl. The van der Waals surface area contributed by atoms with Crippen LogP contribution >= 0.6 is 39.7 Å². The first-order valence-corrected chi connectivity index (χ1v) is 7.08. The molecular formula is C11H18BrClN2S. The molecule has 0 amide bonds. The molecule has 1 aromatic rings. The molecule has 1 fully saturated rings. The van der Waals surface area contributed by atoms with Gasteiger partial charge in [0, 0.05) is 21.9 Å². The smallest absolute Gasteiger partial charge is 0.0339 e. The second-order valence-corrected chi connectivity index (χ2v) is 5.89. The van der Waals surface area contributed by atoms with Gasteiger partial charge in [0.15, 0.2) is 0 Å². The summed E-state index contributed by atoms with van der Waals surface area (Å²) < 4.78 is 1.27. The molecule has 1 saturated heterocycles. The largest absolute Gasteiger partial charge is 0.317 e. The topological polar surface area (TPSA) is 15.3 Å². The molecule has 92 valence electrons. The Hall–Kier alpha value is 0.390. The van der Waals surface area contributed by atoms with Gasteiger partial charge in [-0.25, -0.2) is 0 Å². The molecular weight excluding hydrogens is 308 g/mol. The van der Waals surface area contributed by atoms with E-state index >= 15 is 0 Å². The van der Waals surface area contributed by atoms with E-state index in [1.165, 1.54) is 35.3 Å². The minimum absolute atomic E-state index is 0. The van der Waals surface area contributed by atoms with Crippen molar-refractivity contribution in [2.24, 2.45) is 0 Å². The summed E-state index contributed by atoms with van der Waals surface area (Å²) in [7, 11) is 2.07. The van der Waals surface area contributed by atoms with E-state index in [1.54, 1.807) is 0 Å². The predicted molar refractivity (Wildman–Crippen MR) is 76.6 cm³/mol. The molecule has 0 aromatic carbocycles. The fraction of sp³-hybridized carbons (Fsp3) is 0.636. The number of halogens is 2. The molecule has 5 heteroatoms. The van der Waals surface area contributed by atoms with Crippen molar-refractivity contribution in [2.45, 2.75) is 25.4 Å². The Kier molecular flexibility index (Phi) is 6.29. The lowest BCUT2D eigenvalue weighted by Crippen LogP contribution is -2.40. The van der Waals surface area contributed by atoms with Gasteiger partial charge in [-0.15, -0.1) is 23.7 Å². The van der Waals surface area contributed by atoms with Crippen LogP contribution in [0.15, 0.2) is 15.9 Å². The molecule has 1 N–H and O–H groups in total. The van der Waals surface area contributed by atoms with Gasteiger partial charge >= 0.3 is 0 Å². The lowest BCUT2D eigenvalue weighted by atomic mass is 10.1. The highest BCUT2D eigenvalue weighted by Crippen LogP contribution is 2.25. The van der Waals surface area contributed by atoms with Crippen molar-refractivity contribution in [3.05, 3.63) is 20.8 Å². The highest BCUT2D eigenvalue weighted by atomic mass is 79.9. The molecule has 16 heavy (non-hydrogen) atoms. The Bertz CT molecular complexity index is 311. The van der Waals surface area contributed by atoms with E-state index in [1.807, 2.05) is 11.3 Å². The number of likely N-dealkylation sites (tertiary alicyclic amines) is 1. The Labute approximate surface area is 116 Å². The fourth-order valence-electron chi connectivity index (χ4n) is 2.02. The molecule has 0 saturated carbocycles. The van der Waals surface area contributed by atoms with Gasteiger partial charge in [0.2, 0.25) is 0 Å². The summed E-state index contributed by atoms with van der Waals surface area (Å²) in [6, 6.07) is 2.87. The highest BCUT2D eigenvalue weighted by molar-refractivity contribution is 9.10. The van der Waals surface area contributed by atoms with Crippen LogP contribution in [0.5, 0.6) is 0 Å². The Morgan fingerprint density at radius 1 is 1.50 bits per heavy atom. The van der Waals surface area contributed by atoms with Crippen LogP contribution in [-0.2, 0) is 6.54 Å². The van der Waals surface area contributed by atoms with Gasteiger partial charge in [0.05, 0.1) is 0 Å². The van der Waals surface area contributed by atoms with Crippen LogP contribution in [0.4, 0.5) is 0 Å². The summed E-state index contributed by atoms with van der Waals surface area (Å²) in [5.74, 6) is 0. The molecule has 2 nitrogen and oxygen atoms in total. The molecule has 0 spiro atoms. The summed E-state index contributed by atoms with van der Waals surface area (Å²) in [4.78, 5) is 4.00. The van der Waals surface area contributed by atoms with Crippen molar-refractivity contribution >= 4 is 39.7 Å². The van der Waals surface area contributed by atoms with E-state index < -0.39 is 0 Å². The van der Waals surface area contributed by atoms with Crippen LogP contribution in [-0.4, -0.2) is 31.1 Å². The molecule has 1 aromatic heterocycles. The Balaban J connectivity index is 0.00000128. The van der Waals surface area contributed by atoms with E-state index in [-0.39, 0.29) is 12.4 Å². The first kappa shape index (κ1) is 14.5. The number of hydrogen-bond acceptors (Lipinski definition) is 3. The molecule has 2 rings (SSSR count). The minimum Gasteiger partial charge on any atom is -0.317 e. The molecule has 0 unspecified atom stereocenters. The van der Waals surface area contributed by atoms with Crippen LogP contribution in [0.25, 0.3) is 0 Å². The quantitative estimate of drug-likeness (QED) is 0.918. The third-order valence-corrected chi connectivity index (χ3v) is 4.97. The van der Waals surface area contributed by atoms with Crippen LogP contribution in [0.2, 0.25) is 0 Å². The third kappa shape index (κ3) is 3.70. The van der Waals surface area contributed by atoms with Crippen LogP contribution in [0.3, 0.4) is 0 Å². The van der Waals surface area contributed by atoms with Crippen molar-refractivity contribution < 1.29 is 0 Å². The number of hydrogen-bond donors (Lipinski definition) is 1. The number of piperidine rings is 1. The minimum atomic E-state index is 0. The molecule has 0 atom stereocenters. The maximum Gasteiger partial charge on any atom is 0.0339 e. The van der Waals surface area contributed by atoms with Crippen LogP contribution in [0.1, 0.15) is 17.7 Å². The molecule has 1 aliphatic heterocycles. The van der Waals surface area contributed by atoms with Gasteiger partial charge in [-0.05, 0) is 60.4 Å². The first-order chi connectivity index (χ1) is 7.29. The second-order valence-electron chi connectivity index (χ2n) is 4.03. The highest BCUT2D eigenvalue weighted by Gasteiger charge is 2.18. The van der Waals surface area contributed by atoms with E-state index in [0.717, 1.165) is 12.6 Å². The van der Waals surface area contributed by atoms with Crippen molar-refractivity contribution in [1.29, 1.82) is 0 Å². The zero-order valence-electron chi connectivity index (χ0n) is 9.41. The Morgan fingerprint density at radius 3 is 2.69 bits per heavy atom. The van der Waals surface area contributed by atoms with E-state index in [9.17, 15) is 0 Å². The molecule has 0 bridgehead atoms. The lowest BCUT2D eigenvalue weighted by Gasteiger charge is -2.31. The normalized spacial score (nSPS) is 18.4. The number of nitrogens with one attached hydrogen (secondary N) is 1. The van der Waals surface area contributed by atoms with Crippen molar-refractivity contribution in [3.8, 4) is 0 Å². The van der Waals surface area contributed by atoms with Gasteiger partial charge in [-0.1, -0.05) is 0 Å². The summed E-state index contributed by atoms with van der Waals surface area (Å²) in [5, 5.41) is 5.51. The molecule has 1 aliphatic rings. The zero-order chi connectivity index (χ0) is 10.7. The van der Waals surface area contributed by atoms with Gasteiger partial charge in [-0.2, -0.15) is 0 Å². The molecule has 0 aliphatic carbocycles. The number of thiophene rings is 1. The van der Waals surface area contributed by atoms with Crippen LogP contribution < -0.4 is 5.32 Å². The summed E-state index contributed by atoms with van der Waals surface area (Å²) in [6.07, 6.45) is 2.55. The first-order valence-electron chi connectivity index (χ1n) is 5.41. The maximum atomic E-state index is 3.59. The zero-order valence-corrected chi connectivity index (χ0v) is 12.6. The number of rotatable bonds is 3. The fourth-order valence-corrected chi connectivity index (χ4v) is 3.54. The monoisotopic (exact) mass is 324 g/mol. The predicted octanol–water partition coefficient (Wildman–Crippen LogP) is 3.12. The van der Waals surface area contributed by atoms with Gasteiger partial charge in [-0.3, -0.25) is 4.90 Å². The third-order valence-electron chi connectivity index (χ3n) is 3.05. The lowest BCUT2D eigenvalue weighted by molar-refractivity contribution is 0.196. The second kappa shape index (κ2) is 6.97.